The molecule has 0 aromatic carbocycles. The van der Waals surface area contributed by atoms with Gasteiger partial charge in [0.1, 0.15) is 0 Å². The van der Waals surface area contributed by atoms with E-state index < -0.39 is 0 Å². The van der Waals surface area contributed by atoms with E-state index in [0.29, 0.717) is 0 Å². The number of hydrogen-bond acceptors (Lipinski definition) is 1. The lowest BCUT2D eigenvalue weighted by atomic mass is 9.93. The lowest BCUT2D eigenvalue weighted by Crippen LogP contribution is -2.29. The van der Waals surface area contributed by atoms with Crippen LogP contribution in [0.4, 0.5) is 0 Å². The third-order valence-electron chi connectivity index (χ3n) is 3.49. The molecule has 2 atom stereocenters. The van der Waals surface area contributed by atoms with E-state index in [9.17, 15) is 0 Å². The van der Waals surface area contributed by atoms with Crippen molar-refractivity contribution in [2.45, 2.75) is 71.3 Å². The van der Waals surface area contributed by atoms with Crippen molar-refractivity contribution in [1.29, 1.82) is 0 Å². The maximum absolute atomic E-state index is 3.63. The number of hydrogen-bond donors (Lipinski definition) is 1. The highest BCUT2D eigenvalue weighted by atomic mass is 14.9. The van der Waals surface area contributed by atoms with E-state index in [0.717, 1.165) is 18.5 Å². The summed E-state index contributed by atoms with van der Waals surface area (Å²) in [6.45, 7) is 5.68. The van der Waals surface area contributed by atoms with Crippen LogP contribution in [0.1, 0.15) is 65.2 Å². The van der Waals surface area contributed by atoms with E-state index in [2.05, 4.69) is 19.2 Å². The van der Waals surface area contributed by atoms with Crippen LogP contribution in [0.2, 0.25) is 0 Å². The summed E-state index contributed by atoms with van der Waals surface area (Å²) in [5.41, 5.74) is 0. The Morgan fingerprint density at radius 1 is 1.14 bits per heavy atom. The summed E-state index contributed by atoms with van der Waals surface area (Å²) >= 11 is 0. The molecule has 1 rings (SSSR count). The SMILES string of the molecule is CCCCC1CCCCC(NCC)C1. The Hall–Kier alpha value is -0.0400. The molecule has 0 aromatic heterocycles. The molecular weight excluding hydrogens is 170 g/mol. The van der Waals surface area contributed by atoms with Crippen LogP contribution in [0.5, 0.6) is 0 Å². The monoisotopic (exact) mass is 197 g/mol. The summed E-state index contributed by atoms with van der Waals surface area (Å²) in [6, 6.07) is 0.823. The van der Waals surface area contributed by atoms with Crippen molar-refractivity contribution in [3.8, 4) is 0 Å². The summed E-state index contributed by atoms with van der Waals surface area (Å²) < 4.78 is 0. The predicted molar refractivity (Wildman–Crippen MR) is 63.6 cm³/mol. The van der Waals surface area contributed by atoms with Crippen LogP contribution in [-0.4, -0.2) is 12.6 Å². The molecule has 1 aliphatic carbocycles. The second kappa shape index (κ2) is 7.28. The maximum atomic E-state index is 3.63. The molecule has 2 unspecified atom stereocenters. The van der Waals surface area contributed by atoms with Gasteiger partial charge in [-0.15, -0.1) is 0 Å². The minimum Gasteiger partial charge on any atom is -0.314 e. The summed E-state index contributed by atoms with van der Waals surface area (Å²) in [6.07, 6.45) is 11.5. The zero-order valence-corrected chi connectivity index (χ0v) is 10.0. The third kappa shape index (κ3) is 4.45. The molecule has 84 valence electrons. The van der Waals surface area contributed by atoms with Gasteiger partial charge in [-0.3, -0.25) is 0 Å². The normalized spacial score (nSPS) is 28.7. The summed E-state index contributed by atoms with van der Waals surface area (Å²) in [7, 11) is 0. The van der Waals surface area contributed by atoms with Crippen molar-refractivity contribution in [2.75, 3.05) is 6.54 Å². The Labute approximate surface area is 89.7 Å². The molecule has 0 aliphatic heterocycles. The number of rotatable bonds is 5. The van der Waals surface area contributed by atoms with Crippen LogP contribution in [0.15, 0.2) is 0 Å². The maximum Gasteiger partial charge on any atom is 0.00695 e. The van der Waals surface area contributed by atoms with Crippen molar-refractivity contribution in [2.24, 2.45) is 5.92 Å². The first-order valence-corrected chi connectivity index (χ1v) is 6.60. The van der Waals surface area contributed by atoms with Crippen LogP contribution >= 0.6 is 0 Å². The van der Waals surface area contributed by atoms with E-state index >= 15 is 0 Å². The molecule has 14 heavy (non-hydrogen) atoms. The van der Waals surface area contributed by atoms with Gasteiger partial charge in [0.05, 0.1) is 0 Å². The molecule has 0 heterocycles. The van der Waals surface area contributed by atoms with E-state index in [1.165, 1.54) is 51.4 Å². The summed E-state index contributed by atoms with van der Waals surface area (Å²) in [4.78, 5) is 0. The van der Waals surface area contributed by atoms with E-state index in [1.807, 2.05) is 0 Å². The molecule has 1 saturated carbocycles. The van der Waals surface area contributed by atoms with Gasteiger partial charge >= 0.3 is 0 Å². The lowest BCUT2D eigenvalue weighted by molar-refractivity contribution is 0.364. The molecule has 0 amide bonds. The summed E-state index contributed by atoms with van der Waals surface area (Å²) in [5, 5.41) is 3.63. The second-order valence-electron chi connectivity index (χ2n) is 4.78. The van der Waals surface area contributed by atoms with Crippen LogP contribution < -0.4 is 5.32 Å². The minimum atomic E-state index is 0.823. The summed E-state index contributed by atoms with van der Waals surface area (Å²) in [5.74, 6) is 1.02. The molecule has 1 fully saturated rings. The molecule has 1 nitrogen and oxygen atoms in total. The van der Waals surface area contributed by atoms with Gasteiger partial charge in [0, 0.05) is 6.04 Å². The standard InChI is InChI=1S/C13H27N/c1-3-5-8-12-9-6-7-10-13(11-12)14-4-2/h12-14H,3-11H2,1-2H3. The third-order valence-corrected chi connectivity index (χ3v) is 3.49. The van der Waals surface area contributed by atoms with Gasteiger partial charge in [-0.25, -0.2) is 0 Å². The smallest absolute Gasteiger partial charge is 0.00695 e. The average molecular weight is 197 g/mol. The Morgan fingerprint density at radius 3 is 2.64 bits per heavy atom. The zero-order chi connectivity index (χ0) is 10.2. The molecule has 1 aliphatic rings. The molecule has 0 aromatic rings. The van der Waals surface area contributed by atoms with Gasteiger partial charge in [-0.2, -0.15) is 0 Å². The Balaban J connectivity index is 2.27. The highest BCUT2D eigenvalue weighted by molar-refractivity contribution is 4.75. The number of nitrogens with one attached hydrogen (secondary N) is 1. The zero-order valence-electron chi connectivity index (χ0n) is 10.0. The lowest BCUT2D eigenvalue weighted by Gasteiger charge is -2.20. The van der Waals surface area contributed by atoms with Crippen molar-refractivity contribution in [3.05, 3.63) is 0 Å². The van der Waals surface area contributed by atoms with E-state index in [4.69, 9.17) is 0 Å². The highest BCUT2D eigenvalue weighted by Gasteiger charge is 2.18. The van der Waals surface area contributed by atoms with Crippen molar-refractivity contribution >= 4 is 0 Å². The largest absolute Gasteiger partial charge is 0.314 e. The van der Waals surface area contributed by atoms with Gasteiger partial charge in [0.15, 0.2) is 0 Å². The number of unbranched alkanes of at least 4 members (excludes halogenated alkanes) is 1. The topological polar surface area (TPSA) is 12.0 Å². The predicted octanol–water partition coefficient (Wildman–Crippen LogP) is 3.74. The fourth-order valence-electron chi connectivity index (χ4n) is 2.69. The molecule has 1 N–H and O–H groups in total. The first kappa shape index (κ1) is 12.0. The Bertz CT molecular complexity index is 133. The van der Waals surface area contributed by atoms with Crippen LogP contribution in [0, 0.1) is 5.92 Å². The second-order valence-corrected chi connectivity index (χ2v) is 4.78. The van der Waals surface area contributed by atoms with Crippen LogP contribution in [0.3, 0.4) is 0 Å². The van der Waals surface area contributed by atoms with Gasteiger partial charge in [-0.1, -0.05) is 52.4 Å². The first-order chi connectivity index (χ1) is 6.86. The Morgan fingerprint density at radius 2 is 1.93 bits per heavy atom. The van der Waals surface area contributed by atoms with Gasteiger partial charge in [-0.05, 0) is 25.3 Å². The van der Waals surface area contributed by atoms with Gasteiger partial charge < -0.3 is 5.32 Å². The molecule has 1 heteroatoms. The molecule has 0 bridgehead atoms. The average Bonchev–Trinajstić information content (AvgIpc) is 2.41. The highest BCUT2D eigenvalue weighted by Crippen LogP contribution is 2.27. The minimum absolute atomic E-state index is 0.823. The molecule has 0 radical (unpaired) electrons. The van der Waals surface area contributed by atoms with Crippen molar-refractivity contribution in [1.82, 2.24) is 5.32 Å². The van der Waals surface area contributed by atoms with Crippen LogP contribution in [0.25, 0.3) is 0 Å². The molecular formula is C13H27N. The quantitative estimate of drug-likeness (QED) is 0.662. The van der Waals surface area contributed by atoms with Crippen molar-refractivity contribution < 1.29 is 0 Å². The van der Waals surface area contributed by atoms with E-state index in [1.54, 1.807) is 0 Å². The fraction of sp³-hybridized carbons (Fsp3) is 1.00. The Kier molecular flexibility index (Phi) is 6.25. The molecule has 0 spiro atoms. The first-order valence-electron chi connectivity index (χ1n) is 6.60. The van der Waals surface area contributed by atoms with Gasteiger partial charge in [0.2, 0.25) is 0 Å². The molecule has 0 saturated heterocycles. The van der Waals surface area contributed by atoms with Gasteiger partial charge in [0.25, 0.3) is 0 Å². The van der Waals surface area contributed by atoms with E-state index in [-0.39, 0.29) is 0 Å². The van der Waals surface area contributed by atoms with Crippen molar-refractivity contribution in [3.63, 3.8) is 0 Å². The fourth-order valence-corrected chi connectivity index (χ4v) is 2.69. The van der Waals surface area contributed by atoms with Crippen LogP contribution in [-0.2, 0) is 0 Å².